The van der Waals surface area contributed by atoms with E-state index in [-0.39, 0.29) is 18.9 Å². The number of ether oxygens (including phenoxy) is 1. The Labute approximate surface area is 191 Å². The van der Waals surface area contributed by atoms with Gasteiger partial charge in [0.05, 0.1) is 22.7 Å². The fourth-order valence-electron chi connectivity index (χ4n) is 2.77. The second-order valence-electron chi connectivity index (χ2n) is 6.81. The van der Waals surface area contributed by atoms with Crippen molar-refractivity contribution in [3.05, 3.63) is 74.0 Å². The molecule has 0 atom stereocenters. The van der Waals surface area contributed by atoms with Crippen molar-refractivity contribution in [3.8, 4) is 9.88 Å². The van der Waals surface area contributed by atoms with Crippen molar-refractivity contribution in [2.24, 2.45) is 0 Å². The number of thiophene rings is 1. The Bertz CT molecular complexity index is 1190. The zero-order valence-corrected chi connectivity index (χ0v) is 19.3. The number of aryl methyl sites for hydroxylation is 2. The lowest BCUT2D eigenvalue weighted by Crippen LogP contribution is -2.14. The largest absolute Gasteiger partial charge is 0.455 e. The number of rotatable bonds is 7. The van der Waals surface area contributed by atoms with Crippen LogP contribution >= 0.6 is 34.0 Å². The summed E-state index contributed by atoms with van der Waals surface area (Å²) in [7, 11) is 0. The van der Waals surface area contributed by atoms with E-state index in [2.05, 4.69) is 15.3 Å². The first kappa shape index (κ1) is 21.4. The van der Waals surface area contributed by atoms with Gasteiger partial charge in [0, 0.05) is 11.1 Å². The van der Waals surface area contributed by atoms with Gasteiger partial charge in [0.15, 0.2) is 0 Å². The van der Waals surface area contributed by atoms with E-state index in [4.69, 9.17) is 4.74 Å². The van der Waals surface area contributed by atoms with E-state index < -0.39 is 5.97 Å². The average molecular weight is 470 g/mol. The van der Waals surface area contributed by atoms with Crippen molar-refractivity contribution in [1.82, 2.24) is 9.97 Å². The minimum absolute atomic E-state index is 0.0561. The van der Waals surface area contributed by atoms with Gasteiger partial charge in [-0.25, -0.2) is 14.8 Å². The molecule has 31 heavy (non-hydrogen) atoms. The van der Waals surface area contributed by atoms with Crippen molar-refractivity contribution in [2.75, 3.05) is 5.32 Å². The van der Waals surface area contributed by atoms with Gasteiger partial charge < -0.3 is 10.1 Å². The Balaban J connectivity index is 1.31. The van der Waals surface area contributed by atoms with Gasteiger partial charge in [0.1, 0.15) is 21.5 Å². The summed E-state index contributed by atoms with van der Waals surface area (Å²) < 4.78 is 5.43. The topological polar surface area (TPSA) is 81.2 Å². The first-order valence-corrected chi connectivity index (χ1v) is 12.0. The van der Waals surface area contributed by atoms with E-state index in [0.29, 0.717) is 21.3 Å². The van der Waals surface area contributed by atoms with Crippen LogP contribution in [0.15, 0.2) is 47.2 Å². The molecule has 9 heteroatoms. The molecule has 0 aliphatic rings. The molecule has 6 nitrogen and oxygen atoms in total. The van der Waals surface area contributed by atoms with Crippen LogP contribution in [0.4, 0.5) is 5.69 Å². The molecule has 0 saturated carbocycles. The lowest BCUT2D eigenvalue weighted by atomic mass is 10.2. The number of nitrogens with one attached hydrogen (secondary N) is 1. The number of amides is 1. The van der Waals surface area contributed by atoms with E-state index >= 15 is 0 Å². The third kappa shape index (κ3) is 5.43. The molecule has 0 aliphatic heterocycles. The van der Waals surface area contributed by atoms with Crippen LogP contribution in [-0.2, 0) is 22.6 Å². The van der Waals surface area contributed by atoms with Crippen LogP contribution in [0.1, 0.15) is 31.6 Å². The van der Waals surface area contributed by atoms with Crippen LogP contribution in [0.2, 0.25) is 0 Å². The summed E-state index contributed by atoms with van der Waals surface area (Å²) in [5, 5.41) is 8.12. The molecule has 0 fully saturated rings. The number of benzene rings is 1. The van der Waals surface area contributed by atoms with Gasteiger partial charge in [-0.1, -0.05) is 23.8 Å². The number of aromatic nitrogens is 2. The third-order valence-corrected chi connectivity index (χ3v) is 7.39. The Morgan fingerprint density at radius 3 is 2.61 bits per heavy atom. The van der Waals surface area contributed by atoms with Gasteiger partial charge in [-0.3, -0.25) is 4.79 Å². The molecular formula is C22H19N3O3S3. The minimum Gasteiger partial charge on any atom is -0.455 e. The predicted molar refractivity (Wildman–Crippen MR) is 125 cm³/mol. The fourth-order valence-corrected chi connectivity index (χ4v) is 5.31. The highest BCUT2D eigenvalue weighted by molar-refractivity contribution is 7.22. The molecule has 3 heterocycles. The third-order valence-electron chi connectivity index (χ3n) is 4.31. The highest BCUT2D eigenvalue weighted by atomic mass is 32.1. The molecule has 1 aromatic carbocycles. The molecule has 0 radical (unpaired) electrons. The quantitative estimate of drug-likeness (QED) is 0.362. The Morgan fingerprint density at radius 1 is 1.06 bits per heavy atom. The van der Waals surface area contributed by atoms with Crippen molar-refractivity contribution in [1.29, 1.82) is 0 Å². The second-order valence-corrected chi connectivity index (χ2v) is 9.70. The van der Waals surface area contributed by atoms with Crippen molar-refractivity contribution >= 4 is 51.6 Å². The fraction of sp³-hybridized carbons (Fsp3) is 0.182. The molecule has 158 valence electrons. The standard InChI is InChI=1S/C22H19N3O3S3/c1-13-5-7-15(8-6-13)24-18(26)10-19-25-16(12-30-19)11-28-22(27)20-14(2)23-21(31-20)17-4-3-9-29-17/h3-9,12H,10-11H2,1-2H3,(H,24,26). The molecule has 0 aliphatic carbocycles. The number of esters is 1. The van der Waals surface area contributed by atoms with Gasteiger partial charge in [-0.15, -0.1) is 34.0 Å². The second kappa shape index (κ2) is 9.51. The Morgan fingerprint density at radius 2 is 1.87 bits per heavy atom. The van der Waals surface area contributed by atoms with Gasteiger partial charge in [0.2, 0.25) is 5.91 Å². The summed E-state index contributed by atoms with van der Waals surface area (Å²) >= 11 is 4.29. The van der Waals surface area contributed by atoms with Crippen molar-refractivity contribution < 1.29 is 14.3 Å². The minimum atomic E-state index is -0.413. The van der Waals surface area contributed by atoms with Crippen LogP contribution in [0.25, 0.3) is 9.88 Å². The van der Waals surface area contributed by atoms with E-state index in [1.807, 2.05) is 48.7 Å². The maximum Gasteiger partial charge on any atom is 0.350 e. The van der Waals surface area contributed by atoms with Gasteiger partial charge >= 0.3 is 5.97 Å². The molecular weight excluding hydrogens is 450 g/mol. The molecule has 4 rings (SSSR count). The summed E-state index contributed by atoms with van der Waals surface area (Å²) in [6, 6.07) is 11.6. The Kier molecular flexibility index (Phi) is 6.55. The van der Waals surface area contributed by atoms with Gasteiger partial charge in [0.25, 0.3) is 0 Å². The molecule has 0 saturated heterocycles. The van der Waals surface area contributed by atoms with E-state index in [0.717, 1.165) is 21.1 Å². The van der Waals surface area contributed by atoms with Crippen LogP contribution < -0.4 is 5.32 Å². The van der Waals surface area contributed by atoms with Gasteiger partial charge in [-0.2, -0.15) is 0 Å². The van der Waals surface area contributed by atoms with Crippen molar-refractivity contribution in [2.45, 2.75) is 26.9 Å². The zero-order valence-electron chi connectivity index (χ0n) is 16.9. The first-order chi connectivity index (χ1) is 15.0. The van der Waals surface area contributed by atoms with Gasteiger partial charge in [-0.05, 0) is 37.4 Å². The normalized spacial score (nSPS) is 10.8. The number of hydrogen-bond acceptors (Lipinski definition) is 8. The van der Waals surface area contributed by atoms with Crippen LogP contribution in [0.5, 0.6) is 0 Å². The number of carbonyl (C=O) groups is 2. The molecule has 1 N–H and O–H groups in total. The average Bonchev–Trinajstić information content (AvgIpc) is 3.49. The lowest BCUT2D eigenvalue weighted by molar-refractivity contribution is -0.115. The summed E-state index contributed by atoms with van der Waals surface area (Å²) in [6.45, 7) is 3.85. The van der Waals surface area contributed by atoms with Crippen LogP contribution in [0.3, 0.4) is 0 Å². The number of anilines is 1. The number of carbonyl (C=O) groups excluding carboxylic acids is 2. The predicted octanol–water partition coefficient (Wildman–Crippen LogP) is 5.48. The number of nitrogens with zero attached hydrogens (tertiary/aromatic N) is 2. The summed E-state index contributed by atoms with van der Waals surface area (Å²) in [4.78, 5) is 35.1. The molecule has 4 aromatic rings. The number of thiazole rings is 2. The lowest BCUT2D eigenvalue weighted by Gasteiger charge is -2.04. The SMILES string of the molecule is Cc1ccc(NC(=O)Cc2nc(COC(=O)c3sc(-c4cccs4)nc3C)cs2)cc1. The van der Waals surface area contributed by atoms with Crippen LogP contribution in [0, 0.1) is 13.8 Å². The summed E-state index contributed by atoms with van der Waals surface area (Å²) in [5.74, 6) is -0.549. The summed E-state index contributed by atoms with van der Waals surface area (Å²) in [6.07, 6.45) is 0.171. The highest BCUT2D eigenvalue weighted by Crippen LogP contribution is 2.31. The van der Waals surface area contributed by atoms with Crippen molar-refractivity contribution in [3.63, 3.8) is 0 Å². The molecule has 3 aromatic heterocycles. The first-order valence-electron chi connectivity index (χ1n) is 9.46. The Hall–Kier alpha value is -2.88. The molecule has 0 bridgehead atoms. The number of hydrogen-bond donors (Lipinski definition) is 1. The zero-order chi connectivity index (χ0) is 21.8. The van der Waals surface area contributed by atoms with E-state index in [1.54, 1.807) is 23.6 Å². The van der Waals surface area contributed by atoms with E-state index in [9.17, 15) is 9.59 Å². The maximum absolute atomic E-state index is 12.5. The van der Waals surface area contributed by atoms with E-state index in [1.165, 1.54) is 22.7 Å². The maximum atomic E-state index is 12.5. The summed E-state index contributed by atoms with van der Waals surface area (Å²) in [5.41, 5.74) is 3.17. The molecule has 0 unspecified atom stereocenters. The molecule has 0 spiro atoms. The van der Waals surface area contributed by atoms with Crippen LogP contribution in [-0.4, -0.2) is 21.8 Å². The smallest absolute Gasteiger partial charge is 0.350 e. The highest BCUT2D eigenvalue weighted by Gasteiger charge is 2.19. The monoisotopic (exact) mass is 469 g/mol. The molecule has 1 amide bonds.